The predicted octanol–water partition coefficient (Wildman–Crippen LogP) is 4.34. The molecule has 0 unspecified atom stereocenters. The molecule has 4 bridgehead atoms. The summed E-state index contributed by atoms with van der Waals surface area (Å²) < 4.78 is 4.22. The highest BCUT2D eigenvalue weighted by molar-refractivity contribution is 5.87. The van der Waals surface area contributed by atoms with Crippen LogP contribution >= 0.6 is 0 Å². The number of hydrogen-bond donors (Lipinski definition) is 1. The first-order chi connectivity index (χ1) is 14.6. The van der Waals surface area contributed by atoms with Crippen molar-refractivity contribution in [1.29, 1.82) is 0 Å². The Kier molecular flexibility index (Phi) is 4.06. The van der Waals surface area contributed by atoms with Crippen molar-refractivity contribution >= 4 is 22.8 Å². The molecule has 3 aromatic rings. The Morgan fingerprint density at radius 1 is 0.933 bits per heavy atom. The first kappa shape index (κ1) is 18.2. The van der Waals surface area contributed by atoms with Crippen LogP contribution < -0.4 is 10.3 Å². The summed E-state index contributed by atoms with van der Waals surface area (Å²) in [6.45, 7) is 1.12. The second-order valence-corrected chi connectivity index (χ2v) is 10.1. The van der Waals surface area contributed by atoms with Gasteiger partial charge in [0.2, 0.25) is 0 Å². The van der Waals surface area contributed by atoms with Crippen molar-refractivity contribution in [3.8, 4) is 0 Å². The van der Waals surface area contributed by atoms with Gasteiger partial charge in [0.25, 0.3) is 0 Å². The molecule has 0 atom stereocenters. The van der Waals surface area contributed by atoms with Crippen molar-refractivity contribution in [2.75, 3.05) is 5.73 Å². The molecular weight excluding hydrogens is 370 g/mol. The number of nitrogen functional groups attached to an aromatic ring is 1. The van der Waals surface area contributed by atoms with Gasteiger partial charge in [0.15, 0.2) is 5.78 Å². The highest BCUT2D eigenvalue weighted by Gasteiger charge is 2.54. The summed E-state index contributed by atoms with van der Waals surface area (Å²) in [5, 5.41) is 0. The minimum absolute atomic E-state index is 0.0865. The van der Waals surface area contributed by atoms with Crippen molar-refractivity contribution < 1.29 is 9.36 Å². The maximum absolute atomic E-state index is 13.7. The molecule has 1 aromatic heterocycles. The molecule has 4 aliphatic carbocycles. The smallest absolute Gasteiger partial charge is 0.295 e. The van der Waals surface area contributed by atoms with E-state index in [1.165, 1.54) is 24.8 Å². The number of nitrogens with two attached hydrogens (primary N) is 1. The van der Waals surface area contributed by atoms with Gasteiger partial charge in [0, 0.05) is 5.41 Å². The molecule has 30 heavy (non-hydrogen) atoms. The number of hydrogen-bond acceptors (Lipinski definition) is 2. The second-order valence-electron chi connectivity index (χ2n) is 10.1. The van der Waals surface area contributed by atoms with Crippen molar-refractivity contribution in [2.45, 2.75) is 51.6 Å². The SMILES string of the molecule is Nc1n(CC(=O)C23CC4CC(CC(C4)C2)C3)c2ccccc2[n+]1Cc1ccccc1. The van der Waals surface area contributed by atoms with Crippen molar-refractivity contribution in [3.63, 3.8) is 0 Å². The number of Topliss-reactive ketones (excluding diaryl/α,β-unsaturated/α-hetero) is 1. The molecule has 0 aliphatic heterocycles. The van der Waals surface area contributed by atoms with Crippen LogP contribution in [0.3, 0.4) is 0 Å². The molecule has 0 saturated heterocycles. The highest BCUT2D eigenvalue weighted by atomic mass is 16.1. The molecule has 4 saturated carbocycles. The van der Waals surface area contributed by atoms with Gasteiger partial charge >= 0.3 is 5.95 Å². The molecule has 7 rings (SSSR count). The number of para-hydroxylation sites is 2. The van der Waals surface area contributed by atoms with Crippen molar-refractivity contribution in [3.05, 3.63) is 60.2 Å². The third-order valence-corrected chi connectivity index (χ3v) is 8.13. The molecule has 2 N–H and O–H groups in total. The van der Waals surface area contributed by atoms with Crippen LogP contribution in [0.5, 0.6) is 0 Å². The van der Waals surface area contributed by atoms with E-state index in [4.69, 9.17) is 5.73 Å². The molecule has 154 valence electrons. The summed E-state index contributed by atoms with van der Waals surface area (Å²) in [7, 11) is 0. The van der Waals surface area contributed by atoms with Gasteiger partial charge in [-0.3, -0.25) is 10.5 Å². The van der Waals surface area contributed by atoms with Gasteiger partial charge in [-0.2, -0.15) is 0 Å². The van der Waals surface area contributed by atoms with Crippen molar-refractivity contribution in [2.24, 2.45) is 23.2 Å². The minimum atomic E-state index is -0.0865. The Labute approximate surface area is 177 Å². The molecule has 4 nitrogen and oxygen atoms in total. The molecule has 0 radical (unpaired) electrons. The zero-order valence-electron chi connectivity index (χ0n) is 17.5. The van der Waals surface area contributed by atoms with Gasteiger partial charge in [0.05, 0.1) is 6.54 Å². The number of aromatic nitrogens is 2. The van der Waals surface area contributed by atoms with E-state index in [0.29, 0.717) is 24.8 Å². The quantitative estimate of drug-likeness (QED) is 0.648. The third kappa shape index (κ3) is 2.80. The molecule has 0 amide bonds. The van der Waals surface area contributed by atoms with Gasteiger partial charge in [-0.25, -0.2) is 9.13 Å². The van der Waals surface area contributed by atoms with E-state index in [1.807, 2.05) is 12.1 Å². The molecule has 2 aromatic carbocycles. The van der Waals surface area contributed by atoms with E-state index in [9.17, 15) is 4.79 Å². The van der Waals surface area contributed by atoms with E-state index in [1.54, 1.807) is 0 Å². The number of carbonyl (C=O) groups excluding carboxylic acids is 1. The van der Waals surface area contributed by atoms with Crippen LogP contribution in [-0.2, 0) is 17.9 Å². The maximum atomic E-state index is 13.7. The first-order valence-electron chi connectivity index (χ1n) is 11.4. The van der Waals surface area contributed by atoms with Crippen LogP contribution in [0.25, 0.3) is 11.0 Å². The van der Waals surface area contributed by atoms with Crippen LogP contribution in [0.2, 0.25) is 0 Å². The van der Waals surface area contributed by atoms with Crippen LogP contribution in [0, 0.1) is 23.2 Å². The lowest BCUT2D eigenvalue weighted by Gasteiger charge is -2.55. The van der Waals surface area contributed by atoms with Gasteiger partial charge in [-0.15, -0.1) is 0 Å². The van der Waals surface area contributed by atoms with E-state index in [-0.39, 0.29) is 5.41 Å². The second kappa shape index (κ2) is 6.69. The number of carbonyl (C=O) groups is 1. The topological polar surface area (TPSA) is 51.9 Å². The van der Waals surface area contributed by atoms with Crippen LogP contribution in [-0.4, -0.2) is 10.4 Å². The Balaban J connectivity index is 1.36. The fourth-order valence-corrected chi connectivity index (χ4v) is 7.17. The monoisotopic (exact) mass is 400 g/mol. The minimum Gasteiger partial charge on any atom is -0.295 e. The maximum Gasteiger partial charge on any atom is 0.356 e. The van der Waals surface area contributed by atoms with Gasteiger partial charge in [-0.05, 0) is 74.0 Å². The van der Waals surface area contributed by atoms with E-state index < -0.39 is 0 Å². The lowest BCUT2D eigenvalue weighted by Crippen LogP contribution is -2.51. The summed E-state index contributed by atoms with van der Waals surface area (Å²) in [6, 6.07) is 18.7. The largest absolute Gasteiger partial charge is 0.356 e. The summed E-state index contributed by atoms with van der Waals surface area (Å²) in [4.78, 5) is 13.7. The normalized spacial score (nSPS) is 29.5. The average Bonchev–Trinajstić information content (AvgIpc) is 2.99. The van der Waals surface area contributed by atoms with Gasteiger partial charge in [0.1, 0.15) is 17.6 Å². The average molecular weight is 401 g/mol. The van der Waals surface area contributed by atoms with Crippen LogP contribution in [0.1, 0.15) is 44.1 Å². The zero-order chi connectivity index (χ0) is 20.3. The number of ketones is 1. The van der Waals surface area contributed by atoms with E-state index in [2.05, 4.69) is 51.6 Å². The Bertz CT molecular complexity index is 1080. The molecule has 4 aliphatic rings. The summed E-state index contributed by atoms with van der Waals surface area (Å²) in [5.41, 5.74) is 9.96. The number of imidazole rings is 1. The molecule has 4 fully saturated rings. The Morgan fingerprint density at radius 2 is 1.53 bits per heavy atom. The number of rotatable bonds is 5. The molecule has 1 heterocycles. The Hall–Kier alpha value is -2.62. The fourth-order valence-electron chi connectivity index (χ4n) is 7.17. The van der Waals surface area contributed by atoms with Crippen LogP contribution in [0.15, 0.2) is 54.6 Å². The number of fused-ring (bicyclic) bond motifs is 1. The predicted molar refractivity (Wildman–Crippen MR) is 118 cm³/mol. The Morgan fingerprint density at radius 3 is 2.20 bits per heavy atom. The first-order valence-corrected chi connectivity index (χ1v) is 11.4. The summed E-state index contributed by atoms with van der Waals surface area (Å²) in [6.07, 6.45) is 7.41. The number of nitrogens with zero attached hydrogens (tertiary/aromatic N) is 2. The lowest BCUT2D eigenvalue weighted by atomic mass is 9.48. The third-order valence-electron chi connectivity index (χ3n) is 8.13. The molecule has 4 heteroatoms. The molecular formula is C26H30N3O+. The zero-order valence-corrected chi connectivity index (χ0v) is 17.5. The number of anilines is 1. The van der Waals surface area contributed by atoms with E-state index >= 15 is 0 Å². The number of benzene rings is 2. The fraction of sp³-hybridized carbons (Fsp3) is 0.462. The van der Waals surface area contributed by atoms with Crippen LogP contribution in [0.4, 0.5) is 5.95 Å². The molecule has 0 spiro atoms. The standard InChI is InChI=1S/C26H29N3O/c27-25-28(16-18-6-2-1-3-7-18)22-8-4-5-9-23(22)29(25)17-24(30)26-13-19-10-20(14-26)12-21(11-19)15-26/h1-9,19-21,27H,10-17H2/p+1. The van der Waals surface area contributed by atoms with Gasteiger partial charge in [-0.1, -0.05) is 42.5 Å². The summed E-state index contributed by atoms with van der Waals surface area (Å²) in [5.74, 6) is 3.44. The van der Waals surface area contributed by atoms with Crippen molar-refractivity contribution in [1.82, 2.24) is 4.57 Å². The highest BCUT2D eigenvalue weighted by Crippen LogP contribution is 2.60. The van der Waals surface area contributed by atoms with E-state index in [0.717, 1.165) is 48.0 Å². The summed E-state index contributed by atoms with van der Waals surface area (Å²) >= 11 is 0. The lowest BCUT2D eigenvalue weighted by molar-refractivity contribution is -0.648. The van der Waals surface area contributed by atoms with Gasteiger partial charge < -0.3 is 0 Å².